The number of hydrogen-bond donors (Lipinski definition) is 1. The number of carbonyl (C=O) groups is 2. The zero-order valence-electron chi connectivity index (χ0n) is 10.3. The highest BCUT2D eigenvalue weighted by atomic mass is 35.5. The largest absolute Gasteiger partial charge is 0.464 e. The summed E-state index contributed by atoms with van der Waals surface area (Å²) in [5.41, 5.74) is 0.414. The van der Waals surface area contributed by atoms with Crippen molar-refractivity contribution >= 4 is 23.5 Å². The van der Waals surface area contributed by atoms with Crippen LogP contribution in [-0.2, 0) is 19.7 Å². The summed E-state index contributed by atoms with van der Waals surface area (Å²) < 4.78 is 4.85. The van der Waals surface area contributed by atoms with Gasteiger partial charge in [0.1, 0.15) is 6.04 Å². The first-order valence-electron chi connectivity index (χ1n) is 6.35. The molecule has 0 aromatic heterocycles. The molecule has 1 aliphatic heterocycles. The highest BCUT2D eigenvalue weighted by molar-refractivity contribution is 6.30. The molecule has 3 rings (SSSR count). The van der Waals surface area contributed by atoms with Gasteiger partial charge in [0, 0.05) is 11.4 Å². The Morgan fingerprint density at radius 2 is 2.21 bits per heavy atom. The van der Waals surface area contributed by atoms with Crippen LogP contribution in [0.4, 0.5) is 0 Å². The van der Waals surface area contributed by atoms with Crippen LogP contribution in [0.2, 0.25) is 5.02 Å². The molecule has 2 fully saturated rings. The van der Waals surface area contributed by atoms with E-state index in [4.69, 9.17) is 16.3 Å². The number of ether oxygens (including phenoxy) is 1. The maximum Gasteiger partial charge on any atom is 0.328 e. The molecule has 19 heavy (non-hydrogen) atoms. The molecule has 5 heteroatoms. The van der Waals surface area contributed by atoms with Gasteiger partial charge in [-0.25, -0.2) is 4.79 Å². The zero-order chi connectivity index (χ0) is 13.5. The highest BCUT2D eigenvalue weighted by Crippen LogP contribution is 2.49. The van der Waals surface area contributed by atoms with Gasteiger partial charge in [0.2, 0.25) is 5.91 Å². The van der Waals surface area contributed by atoms with Gasteiger partial charge in [-0.3, -0.25) is 4.79 Å². The van der Waals surface area contributed by atoms with Crippen LogP contribution < -0.4 is 5.32 Å². The fourth-order valence-corrected chi connectivity index (χ4v) is 2.67. The van der Waals surface area contributed by atoms with Gasteiger partial charge in [-0.2, -0.15) is 0 Å². The van der Waals surface area contributed by atoms with Crippen molar-refractivity contribution in [1.29, 1.82) is 0 Å². The van der Waals surface area contributed by atoms with Crippen LogP contribution in [0, 0.1) is 0 Å². The van der Waals surface area contributed by atoms with Gasteiger partial charge in [-0.05, 0) is 30.5 Å². The second kappa shape index (κ2) is 4.53. The monoisotopic (exact) mass is 279 g/mol. The number of halogens is 1. The van der Waals surface area contributed by atoms with Gasteiger partial charge in [0.25, 0.3) is 0 Å². The number of rotatable bonds is 3. The molecule has 1 unspecified atom stereocenters. The van der Waals surface area contributed by atoms with E-state index in [2.05, 4.69) is 5.32 Å². The molecular weight excluding hydrogens is 266 g/mol. The number of esters is 1. The topological polar surface area (TPSA) is 55.4 Å². The maximum atomic E-state index is 12.4. The Morgan fingerprint density at radius 3 is 2.79 bits per heavy atom. The first kappa shape index (κ1) is 12.5. The predicted molar refractivity (Wildman–Crippen MR) is 69.9 cm³/mol. The smallest absolute Gasteiger partial charge is 0.328 e. The summed E-state index contributed by atoms with van der Waals surface area (Å²) >= 11 is 5.97. The Kier molecular flexibility index (Phi) is 2.97. The molecule has 1 N–H and O–H groups in total. The van der Waals surface area contributed by atoms with Gasteiger partial charge in [-0.1, -0.05) is 23.7 Å². The molecule has 100 valence electrons. The molecule has 4 nitrogen and oxygen atoms in total. The van der Waals surface area contributed by atoms with Crippen LogP contribution in [0.3, 0.4) is 0 Å². The standard InChI is InChI=1S/C14H14ClNO3/c15-10-3-1-2-9(8-10)14(5-6-14)13(18)16-11-4-7-19-12(11)17/h1-3,8,11H,4-7H2,(H,16,18). The number of benzene rings is 1. The lowest BCUT2D eigenvalue weighted by molar-refractivity contribution is -0.141. The minimum atomic E-state index is -0.506. The van der Waals surface area contributed by atoms with E-state index in [9.17, 15) is 9.59 Å². The molecule has 1 heterocycles. The van der Waals surface area contributed by atoms with E-state index in [-0.39, 0.29) is 11.9 Å². The van der Waals surface area contributed by atoms with Crippen molar-refractivity contribution in [3.05, 3.63) is 34.9 Å². The average molecular weight is 280 g/mol. The summed E-state index contributed by atoms with van der Waals surface area (Å²) in [6.07, 6.45) is 2.14. The number of cyclic esters (lactones) is 1. The van der Waals surface area contributed by atoms with Crippen molar-refractivity contribution in [2.75, 3.05) is 6.61 Å². The summed E-state index contributed by atoms with van der Waals surface area (Å²) in [6.45, 7) is 0.383. The summed E-state index contributed by atoms with van der Waals surface area (Å²) in [5, 5.41) is 3.41. The lowest BCUT2D eigenvalue weighted by atomic mass is 9.94. The summed E-state index contributed by atoms with van der Waals surface area (Å²) in [6, 6.07) is 6.86. The molecule has 1 amide bonds. The average Bonchev–Trinajstić information content (AvgIpc) is 3.11. The third kappa shape index (κ3) is 2.21. The minimum Gasteiger partial charge on any atom is -0.464 e. The fraction of sp³-hybridized carbons (Fsp3) is 0.429. The molecule has 0 bridgehead atoms. The summed E-state index contributed by atoms with van der Waals surface area (Å²) in [5.74, 6) is -0.436. The molecule has 1 aromatic rings. The molecule has 1 saturated carbocycles. The normalized spacial score (nSPS) is 23.8. The Bertz CT molecular complexity index is 539. The molecule has 2 aliphatic rings. The van der Waals surface area contributed by atoms with Crippen molar-refractivity contribution < 1.29 is 14.3 Å². The number of nitrogens with one attached hydrogen (secondary N) is 1. The molecule has 0 spiro atoms. The highest BCUT2D eigenvalue weighted by Gasteiger charge is 2.52. The number of hydrogen-bond acceptors (Lipinski definition) is 3. The summed E-state index contributed by atoms with van der Waals surface area (Å²) in [4.78, 5) is 23.8. The van der Waals surface area contributed by atoms with Crippen LogP contribution >= 0.6 is 11.6 Å². The van der Waals surface area contributed by atoms with Crippen molar-refractivity contribution in [2.45, 2.75) is 30.7 Å². The van der Waals surface area contributed by atoms with E-state index in [0.29, 0.717) is 18.1 Å². The third-order valence-corrected chi connectivity index (χ3v) is 4.04. The Labute approximate surface area is 116 Å². The quantitative estimate of drug-likeness (QED) is 0.859. The Hall–Kier alpha value is -1.55. The molecule has 0 radical (unpaired) electrons. The van der Waals surface area contributed by atoms with Crippen molar-refractivity contribution in [3.8, 4) is 0 Å². The van der Waals surface area contributed by atoms with E-state index >= 15 is 0 Å². The first-order valence-corrected chi connectivity index (χ1v) is 6.73. The van der Waals surface area contributed by atoms with Crippen LogP contribution in [-0.4, -0.2) is 24.5 Å². The number of carbonyl (C=O) groups excluding carboxylic acids is 2. The molecule has 1 saturated heterocycles. The first-order chi connectivity index (χ1) is 9.12. The second-order valence-electron chi connectivity index (χ2n) is 5.07. The number of amides is 1. The van der Waals surface area contributed by atoms with Crippen molar-refractivity contribution in [3.63, 3.8) is 0 Å². The van der Waals surface area contributed by atoms with Crippen LogP contribution in [0.5, 0.6) is 0 Å². The minimum absolute atomic E-state index is 0.0985. The third-order valence-electron chi connectivity index (χ3n) is 3.80. The predicted octanol–water partition coefficient (Wildman–Crippen LogP) is 1.80. The molecule has 1 aromatic carbocycles. The second-order valence-corrected chi connectivity index (χ2v) is 5.51. The van der Waals surface area contributed by atoms with E-state index in [0.717, 1.165) is 18.4 Å². The Morgan fingerprint density at radius 1 is 1.42 bits per heavy atom. The zero-order valence-corrected chi connectivity index (χ0v) is 11.1. The SMILES string of the molecule is O=C1OCCC1NC(=O)C1(c2cccc(Cl)c2)CC1. The lowest BCUT2D eigenvalue weighted by Gasteiger charge is -2.18. The van der Waals surface area contributed by atoms with Gasteiger partial charge < -0.3 is 10.1 Å². The lowest BCUT2D eigenvalue weighted by Crippen LogP contribution is -2.43. The molecule has 1 aliphatic carbocycles. The molecular formula is C14H14ClNO3. The fourth-order valence-electron chi connectivity index (χ4n) is 2.48. The van der Waals surface area contributed by atoms with Gasteiger partial charge >= 0.3 is 5.97 Å². The van der Waals surface area contributed by atoms with Crippen molar-refractivity contribution in [2.24, 2.45) is 0 Å². The van der Waals surface area contributed by atoms with Crippen LogP contribution in [0.15, 0.2) is 24.3 Å². The van der Waals surface area contributed by atoms with Gasteiger partial charge in [0.15, 0.2) is 0 Å². The van der Waals surface area contributed by atoms with Gasteiger partial charge in [0.05, 0.1) is 12.0 Å². The van der Waals surface area contributed by atoms with Gasteiger partial charge in [-0.15, -0.1) is 0 Å². The van der Waals surface area contributed by atoms with Crippen LogP contribution in [0.1, 0.15) is 24.8 Å². The van der Waals surface area contributed by atoms with E-state index in [1.54, 1.807) is 6.07 Å². The molecule has 1 atom stereocenters. The van der Waals surface area contributed by atoms with E-state index < -0.39 is 11.5 Å². The Balaban J connectivity index is 1.77. The van der Waals surface area contributed by atoms with E-state index in [1.165, 1.54) is 0 Å². The van der Waals surface area contributed by atoms with Crippen molar-refractivity contribution in [1.82, 2.24) is 5.32 Å². The van der Waals surface area contributed by atoms with E-state index in [1.807, 2.05) is 18.2 Å². The maximum absolute atomic E-state index is 12.4. The van der Waals surface area contributed by atoms with Crippen LogP contribution in [0.25, 0.3) is 0 Å². The summed E-state index contributed by atoms with van der Waals surface area (Å²) in [7, 11) is 0.